The lowest BCUT2D eigenvalue weighted by molar-refractivity contribution is -0.158. The van der Waals surface area contributed by atoms with Crippen molar-refractivity contribution in [2.45, 2.75) is 72.3 Å². The monoisotopic (exact) mass is 514 g/mol. The molecule has 0 radical (unpaired) electrons. The fourth-order valence-corrected chi connectivity index (χ4v) is 6.17. The highest BCUT2D eigenvalue weighted by molar-refractivity contribution is 8.14. The highest BCUT2D eigenvalue weighted by Gasteiger charge is 2.53. The smallest absolute Gasteiger partial charge is 0.234 e. The Morgan fingerprint density at radius 3 is 2.69 bits per heavy atom. The van der Waals surface area contributed by atoms with Crippen LogP contribution in [-0.4, -0.2) is 63.4 Å². The number of hydrogen-bond donors (Lipinski definition) is 3. The van der Waals surface area contributed by atoms with Crippen LogP contribution in [0.2, 0.25) is 0 Å². The number of amidine groups is 1. The van der Waals surface area contributed by atoms with Crippen molar-refractivity contribution in [1.82, 2.24) is 20.5 Å². The topological polar surface area (TPSA) is 106 Å². The van der Waals surface area contributed by atoms with Crippen molar-refractivity contribution in [3.63, 3.8) is 0 Å². The number of amides is 3. The summed E-state index contributed by atoms with van der Waals surface area (Å²) in [6.45, 7) is 10.7. The molecule has 2 fully saturated rings. The molecule has 196 valence electrons. The van der Waals surface area contributed by atoms with E-state index in [9.17, 15) is 14.4 Å². The molecular weight excluding hydrogens is 476 g/mol. The Labute approximate surface area is 217 Å². The summed E-state index contributed by atoms with van der Waals surface area (Å²) >= 11 is 1.36. The first-order chi connectivity index (χ1) is 17.1. The minimum atomic E-state index is -0.393. The van der Waals surface area contributed by atoms with Gasteiger partial charge >= 0.3 is 0 Å². The number of nitrogens with zero attached hydrogens (tertiary/aromatic N) is 3. The molecule has 2 aliphatic heterocycles. The standard InChI is InChI=1S/C26H38N6O3S/c1-15(2)13-31-24(35)20-10-9-18(23(34)27-16(3)4)12-21(20)32-25(31)29-30-26(32)36-14-22(33)28-19-8-6-7-17(5)11-19/h6-8,11,15-16,18,20-21,25,29H,9-10,12-14H2,1-5H3,(H,27,34)(H,28,33). The van der Waals surface area contributed by atoms with Crippen molar-refractivity contribution >= 4 is 40.3 Å². The molecule has 1 aliphatic carbocycles. The van der Waals surface area contributed by atoms with E-state index in [-0.39, 0.29) is 47.4 Å². The molecule has 1 saturated heterocycles. The van der Waals surface area contributed by atoms with Crippen LogP contribution in [0.5, 0.6) is 0 Å². The van der Waals surface area contributed by atoms with E-state index in [0.29, 0.717) is 36.9 Å². The van der Waals surface area contributed by atoms with Crippen LogP contribution in [0, 0.1) is 24.7 Å². The van der Waals surface area contributed by atoms with Gasteiger partial charge in [-0.1, -0.05) is 37.7 Å². The lowest BCUT2D eigenvalue weighted by atomic mass is 9.75. The Bertz CT molecular complexity index is 1030. The van der Waals surface area contributed by atoms with Gasteiger partial charge in [0, 0.05) is 30.2 Å². The molecule has 1 aromatic rings. The van der Waals surface area contributed by atoms with E-state index < -0.39 is 6.29 Å². The summed E-state index contributed by atoms with van der Waals surface area (Å²) in [4.78, 5) is 43.1. The second kappa shape index (κ2) is 11.1. The van der Waals surface area contributed by atoms with Crippen LogP contribution in [0.1, 0.15) is 52.5 Å². The number of nitrogens with one attached hydrogen (secondary N) is 3. The Morgan fingerprint density at radius 2 is 2.00 bits per heavy atom. The van der Waals surface area contributed by atoms with Crippen LogP contribution >= 0.6 is 11.8 Å². The largest absolute Gasteiger partial charge is 0.354 e. The van der Waals surface area contributed by atoms with E-state index in [2.05, 4.69) is 39.9 Å². The van der Waals surface area contributed by atoms with E-state index in [1.807, 2.05) is 49.9 Å². The van der Waals surface area contributed by atoms with Gasteiger partial charge in [0.05, 0.1) is 11.7 Å². The first-order valence-corrected chi connectivity index (χ1v) is 13.8. The number of benzene rings is 1. The predicted molar refractivity (Wildman–Crippen MR) is 143 cm³/mol. The van der Waals surface area contributed by atoms with Crippen LogP contribution in [0.15, 0.2) is 29.4 Å². The van der Waals surface area contributed by atoms with Crippen LogP contribution in [-0.2, 0) is 14.4 Å². The summed E-state index contributed by atoms with van der Waals surface area (Å²) in [5.74, 6) is 0.240. The van der Waals surface area contributed by atoms with Crippen LogP contribution in [0.4, 0.5) is 5.69 Å². The van der Waals surface area contributed by atoms with Crippen molar-refractivity contribution in [3.8, 4) is 0 Å². The second-order valence-corrected chi connectivity index (χ2v) is 11.7. The minimum Gasteiger partial charge on any atom is -0.354 e. The number of fused-ring (bicyclic) bond motifs is 3. The molecule has 0 aromatic heterocycles. The lowest BCUT2D eigenvalue weighted by Crippen LogP contribution is -2.68. The molecule has 9 nitrogen and oxygen atoms in total. The SMILES string of the molecule is Cc1cccc(NC(=O)CSC2=NNC3N(CC(C)C)C(=O)C4CCC(C(=O)NC(C)C)CC4N23)c1. The first kappa shape index (κ1) is 26.3. The maximum atomic E-state index is 13.5. The van der Waals surface area contributed by atoms with Gasteiger partial charge in [-0.25, -0.2) is 0 Å². The summed E-state index contributed by atoms with van der Waals surface area (Å²) < 4.78 is 0. The van der Waals surface area contributed by atoms with E-state index >= 15 is 0 Å². The van der Waals surface area contributed by atoms with Gasteiger partial charge in [0.1, 0.15) is 0 Å². The molecule has 10 heteroatoms. The number of carbonyl (C=O) groups excluding carboxylic acids is 3. The van der Waals surface area contributed by atoms with Crippen molar-refractivity contribution in [1.29, 1.82) is 0 Å². The molecule has 1 aromatic carbocycles. The van der Waals surface area contributed by atoms with Crippen LogP contribution < -0.4 is 16.1 Å². The molecule has 4 atom stereocenters. The predicted octanol–water partition coefficient (Wildman–Crippen LogP) is 2.93. The maximum Gasteiger partial charge on any atom is 0.234 e. The number of hydrogen-bond acceptors (Lipinski definition) is 7. The Balaban J connectivity index is 1.49. The number of anilines is 1. The quantitative estimate of drug-likeness (QED) is 0.517. The average Bonchev–Trinajstić information content (AvgIpc) is 3.23. The van der Waals surface area contributed by atoms with Crippen molar-refractivity contribution in [2.24, 2.45) is 22.9 Å². The molecule has 3 N–H and O–H groups in total. The zero-order valence-electron chi connectivity index (χ0n) is 21.8. The number of rotatable bonds is 7. The van der Waals surface area contributed by atoms with E-state index in [4.69, 9.17) is 0 Å². The Morgan fingerprint density at radius 1 is 1.22 bits per heavy atom. The molecule has 0 bridgehead atoms. The highest BCUT2D eigenvalue weighted by atomic mass is 32.2. The lowest BCUT2D eigenvalue weighted by Gasteiger charge is -2.51. The average molecular weight is 515 g/mol. The Kier molecular flexibility index (Phi) is 8.12. The van der Waals surface area contributed by atoms with Crippen LogP contribution in [0.25, 0.3) is 0 Å². The van der Waals surface area contributed by atoms with Gasteiger partial charge in [-0.2, -0.15) is 5.10 Å². The molecule has 3 aliphatic rings. The fourth-order valence-electron chi connectivity index (χ4n) is 5.34. The van der Waals surface area contributed by atoms with Crippen molar-refractivity contribution in [3.05, 3.63) is 29.8 Å². The molecule has 1 saturated carbocycles. The normalized spacial score (nSPS) is 25.3. The van der Waals surface area contributed by atoms with Crippen molar-refractivity contribution < 1.29 is 14.4 Å². The van der Waals surface area contributed by atoms with Crippen LogP contribution in [0.3, 0.4) is 0 Å². The number of aryl methyl sites for hydroxylation is 1. The molecule has 36 heavy (non-hydrogen) atoms. The third kappa shape index (κ3) is 5.79. The molecule has 3 amide bonds. The fraction of sp³-hybridized carbons (Fsp3) is 0.615. The second-order valence-electron chi connectivity index (χ2n) is 10.7. The highest BCUT2D eigenvalue weighted by Crippen LogP contribution is 2.41. The van der Waals surface area contributed by atoms with Gasteiger partial charge in [-0.05, 0) is 63.6 Å². The van der Waals surface area contributed by atoms with E-state index in [1.54, 1.807) is 0 Å². The molecular formula is C26H38N6O3S. The van der Waals surface area contributed by atoms with Gasteiger partial charge in [-0.15, -0.1) is 0 Å². The van der Waals surface area contributed by atoms with Crippen molar-refractivity contribution in [2.75, 3.05) is 17.6 Å². The summed E-state index contributed by atoms with van der Waals surface area (Å²) in [6.07, 6.45) is 1.57. The summed E-state index contributed by atoms with van der Waals surface area (Å²) in [5.41, 5.74) is 5.00. The summed E-state index contributed by atoms with van der Waals surface area (Å²) in [7, 11) is 0. The van der Waals surface area contributed by atoms with Gasteiger partial charge < -0.3 is 20.4 Å². The zero-order chi connectivity index (χ0) is 26.0. The number of thioether (sulfide) groups is 1. The van der Waals surface area contributed by atoms with Gasteiger partial charge in [0.2, 0.25) is 17.7 Å². The molecule has 2 heterocycles. The van der Waals surface area contributed by atoms with E-state index in [1.165, 1.54) is 11.8 Å². The molecule has 0 spiro atoms. The van der Waals surface area contributed by atoms with Gasteiger partial charge in [0.15, 0.2) is 11.5 Å². The van der Waals surface area contributed by atoms with Gasteiger partial charge in [-0.3, -0.25) is 19.8 Å². The van der Waals surface area contributed by atoms with Gasteiger partial charge in [0.25, 0.3) is 0 Å². The summed E-state index contributed by atoms with van der Waals surface area (Å²) in [5, 5.41) is 11.2. The third-order valence-corrected chi connectivity index (χ3v) is 7.79. The van der Waals surface area contributed by atoms with E-state index in [0.717, 1.165) is 11.3 Å². The zero-order valence-corrected chi connectivity index (χ0v) is 22.6. The summed E-state index contributed by atoms with van der Waals surface area (Å²) in [6, 6.07) is 7.64. The minimum absolute atomic E-state index is 0.0490. The third-order valence-electron chi connectivity index (χ3n) is 6.83. The Hall–Kier alpha value is -2.75. The number of carbonyl (C=O) groups is 3. The molecule has 4 unspecified atom stereocenters. The molecule has 4 rings (SSSR count). The first-order valence-electron chi connectivity index (χ1n) is 12.9. The number of hydrazone groups is 1. The maximum absolute atomic E-state index is 13.5.